The van der Waals surface area contributed by atoms with E-state index in [0.29, 0.717) is 12.6 Å². The van der Waals surface area contributed by atoms with E-state index in [1.165, 1.54) is 0 Å². The highest BCUT2D eigenvalue weighted by Crippen LogP contribution is 2.23. The minimum absolute atomic E-state index is 0.0262. The summed E-state index contributed by atoms with van der Waals surface area (Å²) in [5, 5.41) is 3.86. The lowest BCUT2D eigenvalue weighted by Gasteiger charge is -2.22. The first-order chi connectivity index (χ1) is 14.7. The molecule has 1 saturated heterocycles. The Hall–Kier alpha value is -2.44. The molecule has 0 bridgehead atoms. The Kier molecular flexibility index (Phi) is 8.66. The van der Waals surface area contributed by atoms with E-state index in [2.05, 4.69) is 39.5 Å². The van der Waals surface area contributed by atoms with Gasteiger partial charge in [0.15, 0.2) is 0 Å². The molecule has 2 heterocycles. The van der Waals surface area contributed by atoms with Crippen LogP contribution in [0.1, 0.15) is 44.1 Å². The zero-order valence-electron chi connectivity index (χ0n) is 18.1. The van der Waals surface area contributed by atoms with Gasteiger partial charge in [-0.1, -0.05) is 36.8 Å². The highest BCUT2D eigenvalue weighted by Gasteiger charge is 2.29. The third-order valence-electron chi connectivity index (χ3n) is 5.54. The Morgan fingerprint density at radius 1 is 1.30 bits per heavy atom. The van der Waals surface area contributed by atoms with Gasteiger partial charge in [-0.3, -0.25) is 9.69 Å². The number of aromatic nitrogens is 1. The molecule has 1 aliphatic rings. The lowest BCUT2D eigenvalue weighted by molar-refractivity contribution is -0.127. The summed E-state index contributed by atoms with van der Waals surface area (Å²) in [6, 6.07) is 10.2. The largest absolute Gasteiger partial charge is 0.481 e. The molecule has 1 aromatic heterocycles. The summed E-state index contributed by atoms with van der Waals surface area (Å²) >= 11 is 0. The number of methoxy groups -OCH3 is 1. The van der Waals surface area contributed by atoms with Gasteiger partial charge in [0.1, 0.15) is 0 Å². The number of carbonyl (C=O) groups excluding carboxylic acids is 1. The highest BCUT2D eigenvalue weighted by molar-refractivity contribution is 5.82. The summed E-state index contributed by atoms with van der Waals surface area (Å²) in [6.45, 7) is 2.23. The molecule has 1 fully saturated rings. The number of allylic oxidation sites excluding steroid dienone is 1. The number of ether oxygens (including phenoxy) is 2. The van der Waals surface area contributed by atoms with Gasteiger partial charge in [0.05, 0.1) is 25.4 Å². The minimum Gasteiger partial charge on any atom is -0.481 e. The second-order valence-electron chi connectivity index (χ2n) is 7.65. The number of amides is 1. The first-order valence-corrected chi connectivity index (χ1v) is 10.9. The smallest absolute Gasteiger partial charge is 0.237 e. The summed E-state index contributed by atoms with van der Waals surface area (Å²) in [5.74, 6) is 0.761. The number of nitrogens with one attached hydrogen (secondary N) is 1. The van der Waals surface area contributed by atoms with Crippen molar-refractivity contribution in [2.75, 3.05) is 34.0 Å². The lowest BCUT2D eigenvalue weighted by atomic mass is 10.1. The van der Waals surface area contributed by atoms with Crippen LogP contribution in [0, 0.1) is 0 Å². The Morgan fingerprint density at radius 2 is 2.17 bits per heavy atom. The van der Waals surface area contributed by atoms with E-state index in [9.17, 15) is 4.79 Å². The molecule has 1 aliphatic heterocycles. The van der Waals surface area contributed by atoms with E-state index in [4.69, 9.17) is 9.47 Å². The average molecular weight is 412 g/mol. The molecule has 6 nitrogen and oxygen atoms in total. The van der Waals surface area contributed by atoms with Gasteiger partial charge in [-0.2, -0.15) is 0 Å². The molecule has 0 spiro atoms. The summed E-state index contributed by atoms with van der Waals surface area (Å²) in [6.07, 6.45) is 10.6. The molecule has 3 rings (SSSR count). The molecule has 1 unspecified atom stereocenters. The number of nitrogens with zero attached hydrogens (tertiary/aromatic N) is 2. The molecular formula is C24H33N3O3. The standard InChI is InChI=1S/C24H33N3O3/c1-25-23(28)22-14-10-15-27(22)18-30-16-9-5-3-4-6-12-20-17-19-11-7-8-13-21(19)26-24(20)29-2/h6-8,11-13,17,22H,3-5,9-10,14-16,18H2,1-2H3,(H,25,28)/b12-6+. The number of hydrogen-bond donors (Lipinski definition) is 1. The van der Waals surface area contributed by atoms with E-state index < -0.39 is 0 Å². The second kappa shape index (κ2) is 11.7. The van der Waals surface area contributed by atoms with E-state index in [-0.39, 0.29) is 11.9 Å². The predicted octanol–water partition coefficient (Wildman–Crippen LogP) is 4.00. The number of rotatable bonds is 11. The fraction of sp³-hybridized carbons (Fsp3) is 0.500. The van der Waals surface area contributed by atoms with Crippen molar-refractivity contribution in [1.82, 2.24) is 15.2 Å². The second-order valence-corrected chi connectivity index (χ2v) is 7.65. The topological polar surface area (TPSA) is 63.7 Å². The van der Waals surface area contributed by atoms with Crippen LogP contribution < -0.4 is 10.1 Å². The predicted molar refractivity (Wildman–Crippen MR) is 120 cm³/mol. The van der Waals surface area contributed by atoms with Gasteiger partial charge in [-0.25, -0.2) is 4.98 Å². The van der Waals surface area contributed by atoms with Crippen LogP contribution in [-0.4, -0.2) is 55.9 Å². The Balaban J connectivity index is 1.33. The van der Waals surface area contributed by atoms with Crippen LogP contribution in [0.5, 0.6) is 5.88 Å². The van der Waals surface area contributed by atoms with Crippen LogP contribution in [0.2, 0.25) is 0 Å². The highest BCUT2D eigenvalue weighted by atomic mass is 16.5. The maximum Gasteiger partial charge on any atom is 0.237 e. The third-order valence-corrected chi connectivity index (χ3v) is 5.54. The zero-order chi connectivity index (χ0) is 21.2. The Bertz CT molecular complexity index is 853. The third kappa shape index (κ3) is 6.03. The van der Waals surface area contributed by atoms with E-state index >= 15 is 0 Å². The van der Waals surface area contributed by atoms with Gasteiger partial charge in [-0.05, 0) is 44.2 Å². The van der Waals surface area contributed by atoms with Gasteiger partial charge in [0.25, 0.3) is 0 Å². The number of para-hydroxylation sites is 1. The van der Waals surface area contributed by atoms with Crippen LogP contribution in [0.4, 0.5) is 0 Å². The molecule has 6 heteroatoms. The number of pyridine rings is 1. The molecule has 0 radical (unpaired) electrons. The fourth-order valence-electron chi connectivity index (χ4n) is 3.88. The lowest BCUT2D eigenvalue weighted by Crippen LogP contribution is -2.42. The monoisotopic (exact) mass is 411 g/mol. The van der Waals surface area contributed by atoms with Gasteiger partial charge < -0.3 is 14.8 Å². The molecule has 1 amide bonds. The number of likely N-dealkylation sites (N-methyl/N-ethyl adjacent to an activating group) is 1. The normalized spacial score (nSPS) is 17.1. The van der Waals surface area contributed by atoms with Crippen molar-refractivity contribution in [1.29, 1.82) is 0 Å². The van der Waals surface area contributed by atoms with Crippen molar-refractivity contribution in [2.45, 2.75) is 44.6 Å². The number of likely N-dealkylation sites (tertiary alicyclic amines) is 1. The first-order valence-electron chi connectivity index (χ1n) is 10.9. The summed E-state index contributed by atoms with van der Waals surface area (Å²) in [4.78, 5) is 18.5. The van der Waals surface area contributed by atoms with Gasteiger partial charge in [0, 0.05) is 31.1 Å². The molecule has 1 atom stereocenters. The van der Waals surface area contributed by atoms with Gasteiger partial charge >= 0.3 is 0 Å². The number of hydrogen-bond acceptors (Lipinski definition) is 5. The Labute approximate surface area is 179 Å². The molecule has 2 aromatic rings. The fourth-order valence-corrected chi connectivity index (χ4v) is 3.88. The SMILES string of the molecule is CNC(=O)C1CCCN1COCCCCC/C=C/c1cc2ccccc2nc1OC. The zero-order valence-corrected chi connectivity index (χ0v) is 18.1. The summed E-state index contributed by atoms with van der Waals surface area (Å²) < 4.78 is 11.2. The number of benzene rings is 1. The van der Waals surface area contributed by atoms with Crippen LogP contribution in [-0.2, 0) is 9.53 Å². The maximum absolute atomic E-state index is 11.8. The van der Waals surface area contributed by atoms with Crippen molar-refractivity contribution in [3.63, 3.8) is 0 Å². The van der Waals surface area contributed by atoms with Crippen LogP contribution in [0.15, 0.2) is 36.4 Å². The average Bonchev–Trinajstić information content (AvgIpc) is 3.25. The molecule has 1 N–H and O–H groups in total. The van der Waals surface area contributed by atoms with Crippen molar-refractivity contribution in [3.8, 4) is 5.88 Å². The quantitative estimate of drug-likeness (QED) is 0.566. The minimum atomic E-state index is -0.0262. The van der Waals surface area contributed by atoms with Gasteiger partial charge in [0.2, 0.25) is 11.8 Å². The van der Waals surface area contributed by atoms with E-state index in [1.807, 2.05) is 18.2 Å². The summed E-state index contributed by atoms with van der Waals surface area (Å²) in [5.41, 5.74) is 1.96. The van der Waals surface area contributed by atoms with Gasteiger partial charge in [-0.15, -0.1) is 0 Å². The van der Waals surface area contributed by atoms with Crippen molar-refractivity contribution in [3.05, 3.63) is 42.0 Å². The number of fused-ring (bicyclic) bond motifs is 1. The van der Waals surface area contributed by atoms with Crippen LogP contribution >= 0.6 is 0 Å². The number of unbranched alkanes of at least 4 members (excludes halogenated alkanes) is 3. The maximum atomic E-state index is 11.8. The number of carbonyl (C=O) groups is 1. The van der Waals surface area contributed by atoms with E-state index in [1.54, 1.807) is 14.2 Å². The summed E-state index contributed by atoms with van der Waals surface area (Å²) in [7, 11) is 3.36. The molecule has 1 aromatic carbocycles. The van der Waals surface area contributed by atoms with Crippen LogP contribution in [0.25, 0.3) is 17.0 Å². The van der Waals surface area contributed by atoms with Crippen molar-refractivity contribution >= 4 is 22.9 Å². The molecule has 30 heavy (non-hydrogen) atoms. The van der Waals surface area contributed by atoms with Crippen LogP contribution in [0.3, 0.4) is 0 Å². The van der Waals surface area contributed by atoms with Crippen molar-refractivity contribution in [2.24, 2.45) is 0 Å². The van der Waals surface area contributed by atoms with E-state index in [0.717, 1.165) is 68.1 Å². The molecular weight excluding hydrogens is 378 g/mol. The Morgan fingerprint density at radius 3 is 3.00 bits per heavy atom. The molecule has 0 aliphatic carbocycles. The van der Waals surface area contributed by atoms with Crippen molar-refractivity contribution < 1.29 is 14.3 Å². The first kappa shape index (κ1) is 22.2. The molecule has 0 saturated carbocycles. The molecule has 162 valence electrons.